The molecule has 1 aliphatic carbocycles. The number of carbonyl (C=O) groups is 1. The number of hydrogen-bond donors (Lipinski definition) is 1. The first-order valence-electron chi connectivity index (χ1n) is 5.15. The van der Waals surface area contributed by atoms with E-state index >= 15 is 0 Å². The summed E-state index contributed by atoms with van der Waals surface area (Å²) in [5.74, 6) is -2.69. The average Bonchev–Trinajstić information content (AvgIpc) is 2.50. The molecule has 0 spiro atoms. The average molecular weight is 248 g/mol. The van der Waals surface area contributed by atoms with E-state index < -0.39 is 18.1 Å². The predicted octanol–water partition coefficient (Wildman–Crippen LogP) is 1.79. The van der Waals surface area contributed by atoms with Crippen molar-refractivity contribution in [3.8, 4) is 0 Å². The van der Waals surface area contributed by atoms with E-state index in [0.717, 1.165) is 4.68 Å². The van der Waals surface area contributed by atoms with Crippen molar-refractivity contribution < 1.29 is 23.1 Å². The number of aryl methyl sites for hydroxylation is 2. The minimum Gasteiger partial charge on any atom is -0.477 e. The third-order valence-electron chi connectivity index (χ3n) is 3.07. The zero-order chi connectivity index (χ0) is 12.8. The van der Waals surface area contributed by atoms with Gasteiger partial charge in [0.15, 0.2) is 0 Å². The van der Waals surface area contributed by atoms with Gasteiger partial charge in [-0.1, -0.05) is 0 Å². The van der Waals surface area contributed by atoms with Crippen molar-refractivity contribution in [3.63, 3.8) is 0 Å². The molecule has 4 nitrogen and oxygen atoms in total. The van der Waals surface area contributed by atoms with Crippen LogP contribution in [-0.4, -0.2) is 27.0 Å². The van der Waals surface area contributed by atoms with Crippen molar-refractivity contribution in [2.24, 2.45) is 13.0 Å². The molecule has 1 heterocycles. The zero-order valence-corrected chi connectivity index (χ0v) is 9.08. The lowest BCUT2D eigenvalue weighted by atomic mass is 9.86. The van der Waals surface area contributed by atoms with E-state index in [0.29, 0.717) is 5.69 Å². The fraction of sp³-hybridized carbons (Fsp3) is 0.600. The number of rotatable bonds is 1. The summed E-state index contributed by atoms with van der Waals surface area (Å²) < 4.78 is 38.9. The Hall–Kier alpha value is -1.53. The first kappa shape index (κ1) is 11.9. The number of carboxylic acids is 1. The van der Waals surface area contributed by atoms with Gasteiger partial charge >= 0.3 is 12.1 Å². The van der Waals surface area contributed by atoms with Crippen molar-refractivity contribution in [1.82, 2.24) is 9.78 Å². The molecule has 0 radical (unpaired) electrons. The lowest BCUT2D eigenvalue weighted by Crippen LogP contribution is -2.29. The fourth-order valence-corrected chi connectivity index (χ4v) is 2.25. The molecule has 0 aromatic carbocycles. The Bertz CT molecular complexity index is 465. The Morgan fingerprint density at radius 2 is 2.18 bits per heavy atom. The second kappa shape index (κ2) is 3.75. The van der Waals surface area contributed by atoms with Gasteiger partial charge in [0.25, 0.3) is 0 Å². The molecule has 1 N–H and O–H groups in total. The van der Waals surface area contributed by atoms with Gasteiger partial charge in [-0.15, -0.1) is 0 Å². The van der Waals surface area contributed by atoms with Crippen molar-refractivity contribution in [2.75, 3.05) is 0 Å². The smallest absolute Gasteiger partial charge is 0.392 e. The lowest BCUT2D eigenvalue weighted by Gasteiger charge is -2.23. The number of aromatic carboxylic acids is 1. The maximum Gasteiger partial charge on any atom is 0.392 e. The van der Waals surface area contributed by atoms with Crippen LogP contribution in [0.3, 0.4) is 0 Å². The highest BCUT2D eigenvalue weighted by molar-refractivity contribution is 5.87. The van der Waals surface area contributed by atoms with E-state index in [1.807, 2.05) is 0 Å². The van der Waals surface area contributed by atoms with E-state index in [-0.39, 0.29) is 30.5 Å². The Balaban J connectivity index is 2.39. The molecule has 1 aliphatic rings. The lowest BCUT2D eigenvalue weighted by molar-refractivity contribution is -0.177. The molecule has 1 atom stereocenters. The van der Waals surface area contributed by atoms with Gasteiger partial charge in [0.05, 0.1) is 11.6 Å². The molecule has 1 aromatic heterocycles. The molecule has 94 valence electrons. The Morgan fingerprint density at radius 3 is 2.71 bits per heavy atom. The molecule has 0 bridgehead atoms. The highest BCUT2D eigenvalue weighted by Crippen LogP contribution is 2.37. The number of hydrogen-bond acceptors (Lipinski definition) is 2. The Labute approximate surface area is 95.0 Å². The highest BCUT2D eigenvalue weighted by atomic mass is 19.4. The monoisotopic (exact) mass is 248 g/mol. The van der Waals surface area contributed by atoms with Gasteiger partial charge in [-0.3, -0.25) is 4.68 Å². The number of halogens is 3. The number of fused-ring (bicyclic) bond motifs is 1. The van der Waals surface area contributed by atoms with Crippen LogP contribution in [0.4, 0.5) is 13.2 Å². The van der Waals surface area contributed by atoms with Crippen molar-refractivity contribution in [3.05, 3.63) is 17.0 Å². The van der Waals surface area contributed by atoms with Crippen LogP contribution in [0.15, 0.2) is 0 Å². The van der Waals surface area contributed by atoms with Gasteiger partial charge in [-0.05, 0) is 19.3 Å². The summed E-state index contributed by atoms with van der Waals surface area (Å²) in [6.45, 7) is 0. The summed E-state index contributed by atoms with van der Waals surface area (Å²) >= 11 is 0. The molecule has 17 heavy (non-hydrogen) atoms. The first-order chi connectivity index (χ1) is 7.80. The van der Waals surface area contributed by atoms with Crippen LogP contribution in [-0.2, 0) is 19.9 Å². The molecule has 0 amide bonds. The standard InChI is InChI=1S/C10H11F3N2O2/c1-15-8(9(16)17)6-4-5(10(11,12)13)2-3-7(6)14-15/h5H,2-4H2,1H3,(H,16,17)/t5-/m0/s1. The summed E-state index contributed by atoms with van der Waals surface area (Å²) in [5, 5.41) is 12.9. The molecule has 7 heteroatoms. The van der Waals surface area contributed by atoms with Gasteiger partial charge in [0.2, 0.25) is 0 Å². The van der Waals surface area contributed by atoms with E-state index in [1.165, 1.54) is 7.05 Å². The molecule has 1 aromatic rings. The second-order valence-electron chi connectivity index (χ2n) is 4.18. The summed E-state index contributed by atoms with van der Waals surface area (Å²) in [4.78, 5) is 11.0. The first-order valence-corrected chi connectivity index (χ1v) is 5.15. The van der Waals surface area contributed by atoms with Crippen LogP contribution in [0.25, 0.3) is 0 Å². The van der Waals surface area contributed by atoms with E-state index in [2.05, 4.69) is 5.10 Å². The molecule has 0 unspecified atom stereocenters. The maximum absolute atomic E-state index is 12.6. The fourth-order valence-electron chi connectivity index (χ4n) is 2.25. The normalized spacial score (nSPS) is 20.1. The minimum absolute atomic E-state index is 0.0213. The molecule has 0 fully saturated rings. The third-order valence-corrected chi connectivity index (χ3v) is 3.07. The van der Waals surface area contributed by atoms with Crippen LogP contribution in [0.2, 0.25) is 0 Å². The summed E-state index contributed by atoms with van der Waals surface area (Å²) in [7, 11) is 1.43. The van der Waals surface area contributed by atoms with E-state index in [1.54, 1.807) is 0 Å². The summed E-state index contributed by atoms with van der Waals surface area (Å²) in [6.07, 6.45) is -4.40. The SMILES string of the molecule is Cn1nc2c(c1C(=O)O)C[C@@H](C(F)(F)F)CC2. The quantitative estimate of drug-likeness (QED) is 0.824. The molecular weight excluding hydrogens is 237 g/mol. The Morgan fingerprint density at radius 1 is 1.53 bits per heavy atom. The molecule has 0 saturated carbocycles. The van der Waals surface area contributed by atoms with E-state index in [9.17, 15) is 18.0 Å². The predicted molar refractivity (Wildman–Crippen MR) is 51.7 cm³/mol. The minimum atomic E-state index is -4.27. The highest BCUT2D eigenvalue weighted by Gasteiger charge is 2.43. The number of aromatic nitrogens is 2. The summed E-state index contributed by atoms with van der Waals surface area (Å²) in [6, 6.07) is 0. The Kier molecular flexibility index (Phi) is 2.63. The van der Waals surface area contributed by atoms with Crippen molar-refractivity contribution in [1.29, 1.82) is 0 Å². The van der Waals surface area contributed by atoms with Crippen LogP contribution >= 0.6 is 0 Å². The van der Waals surface area contributed by atoms with Gasteiger partial charge in [0, 0.05) is 12.6 Å². The molecule has 2 rings (SSSR count). The maximum atomic E-state index is 12.6. The second-order valence-corrected chi connectivity index (χ2v) is 4.18. The molecule has 0 aliphatic heterocycles. The van der Waals surface area contributed by atoms with Gasteiger partial charge < -0.3 is 5.11 Å². The van der Waals surface area contributed by atoms with E-state index in [4.69, 9.17) is 5.11 Å². The van der Waals surface area contributed by atoms with Crippen LogP contribution in [0.5, 0.6) is 0 Å². The zero-order valence-electron chi connectivity index (χ0n) is 9.08. The van der Waals surface area contributed by atoms with Crippen molar-refractivity contribution in [2.45, 2.75) is 25.4 Å². The number of carboxylic acid groups (broad SMARTS) is 1. The summed E-state index contributed by atoms with van der Waals surface area (Å²) in [5.41, 5.74) is 0.577. The third kappa shape index (κ3) is 2.01. The number of alkyl halides is 3. The molecule has 0 saturated heterocycles. The molecular formula is C10H11F3N2O2. The van der Waals surface area contributed by atoms with Crippen LogP contribution in [0, 0.1) is 5.92 Å². The number of nitrogens with zero attached hydrogens (tertiary/aromatic N) is 2. The van der Waals surface area contributed by atoms with Crippen molar-refractivity contribution >= 4 is 5.97 Å². The van der Waals surface area contributed by atoms with Gasteiger partial charge in [-0.2, -0.15) is 18.3 Å². The van der Waals surface area contributed by atoms with Gasteiger partial charge in [-0.25, -0.2) is 4.79 Å². The van der Waals surface area contributed by atoms with Crippen LogP contribution in [0.1, 0.15) is 28.2 Å². The van der Waals surface area contributed by atoms with Gasteiger partial charge in [0.1, 0.15) is 5.69 Å². The largest absolute Gasteiger partial charge is 0.477 e. The van der Waals surface area contributed by atoms with Crippen LogP contribution < -0.4 is 0 Å². The topological polar surface area (TPSA) is 55.1 Å².